The van der Waals surface area contributed by atoms with Crippen LogP contribution in [0.25, 0.3) is 10.2 Å². The molecule has 2 aromatic heterocycles. The molecule has 22 heavy (non-hydrogen) atoms. The van der Waals surface area contributed by atoms with Crippen molar-refractivity contribution in [1.29, 1.82) is 0 Å². The fraction of sp³-hybridized carbons (Fsp3) is 0.562. The lowest BCUT2D eigenvalue weighted by Crippen LogP contribution is -2.33. The van der Waals surface area contributed by atoms with Crippen molar-refractivity contribution in [3.8, 4) is 0 Å². The van der Waals surface area contributed by atoms with E-state index >= 15 is 0 Å². The van der Waals surface area contributed by atoms with Gasteiger partial charge in [-0.15, -0.1) is 11.3 Å². The van der Waals surface area contributed by atoms with Gasteiger partial charge in [-0.05, 0) is 37.7 Å². The Morgan fingerprint density at radius 1 is 1.41 bits per heavy atom. The van der Waals surface area contributed by atoms with Gasteiger partial charge in [-0.1, -0.05) is 13.8 Å². The van der Waals surface area contributed by atoms with Gasteiger partial charge in [0.1, 0.15) is 16.7 Å². The fourth-order valence-electron chi connectivity index (χ4n) is 3.29. The van der Waals surface area contributed by atoms with Crippen molar-refractivity contribution in [3.05, 3.63) is 26.6 Å². The van der Waals surface area contributed by atoms with Crippen molar-refractivity contribution in [3.63, 3.8) is 0 Å². The summed E-state index contributed by atoms with van der Waals surface area (Å²) in [7, 11) is 0. The molecule has 3 rings (SSSR count). The van der Waals surface area contributed by atoms with Crippen LogP contribution < -0.4 is 5.56 Å². The summed E-state index contributed by atoms with van der Waals surface area (Å²) in [6.45, 7) is 3.81. The molecule has 2 aromatic rings. The average Bonchev–Trinajstić information content (AvgIpc) is 3.02. The average molecular weight is 320 g/mol. The maximum Gasteiger partial charge on any atom is 0.326 e. The van der Waals surface area contributed by atoms with Crippen LogP contribution in [0.1, 0.15) is 55.4 Å². The lowest BCUT2D eigenvalue weighted by atomic mass is 10.1. The number of carboxylic acids is 1. The van der Waals surface area contributed by atoms with E-state index in [4.69, 9.17) is 0 Å². The van der Waals surface area contributed by atoms with Gasteiger partial charge >= 0.3 is 5.97 Å². The van der Waals surface area contributed by atoms with Gasteiger partial charge < -0.3 is 5.11 Å². The van der Waals surface area contributed by atoms with E-state index in [9.17, 15) is 14.7 Å². The first-order valence-electron chi connectivity index (χ1n) is 7.86. The minimum absolute atomic E-state index is 0.165. The highest BCUT2D eigenvalue weighted by molar-refractivity contribution is 7.18. The van der Waals surface area contributed by atoms with Gasteiger partial charge in [-0.25, -0.2) is 9.78 Å². The third-order valence-corrected chi connectivity index (χ3v) is 5.49. The summed E-state index contributed by atoms with van der Waals surface area (Å²) in [4.78, 5) is 31.3. The highest BCUT2D eigenvalue weighted by atomic mass is 32.1. The molecule has 1 unspecified atom stereocenters. The van der Waals surface area contributed by atoms with Gasteiger partial charge in [0, 0.05) is 11.3 Å². The van der Waals surface area contributed by atoms with E-state index in [1.54, 1.807) is 18.3 Å². The van der Waals surface area contributed by atoms with Gasteiger partial charge in [-0.3, -0.25) is 9.36 Å². The Morgan fingerprint density at radius 3 is 2.82 bits per heavy atom. The number of hydrogen-bond acceptors (Lipinski definition) is 4. The third kappa shape index (κ3) is 2.26. The zero-order chi connectivity index (χ0) is 15.9. The second-order valence-electron chi connectivity index (χ2n) is 5.75. The van der Waals surface area contributed by atoms with Gasteiger partial charge in [0.05, 0.1) is 5.39 Å². The van der Waals surface area contributed by atoms with E-state index in [1.807, 2.05) is 6.92 Å². The first-order chi connectivity index (χ1) is 10.6. The minimum Gasteiger partial charge on any atom is -0.480 e. The van der Waals surface area contributed by atoms with Crippen LogP contribution in [0.5, 0.6) is 0 Å². The molecule has 1 aliphatic rings. The molecule has 0 fully saturated rings. The van der Waals surface area contributed by atoms with Gasteiger partial charge in [-0.2, -0.15) is 0 Å². The van der Waals surface area contributed by atoms with Crippen LogP contribution in [0.4, 0.5) is 0 Å². The Bertz CT molecular complexity index is 791. The van der Waals surface area contributed by atoms with E-state index in [0.29, 0.717) is 24.1 Å². The zero-order valence-corrected chi connectivity index (χ0v) is 13.7. The van der Waals surface area contributed by atoms with Crippen LogP contribution in [0.2, 0.25) is 0 Å². The Morgan fingerprint density at radius 2 is 2.18 bits per heavy atom. The van der Waals surface area contributed by atoms with Crippen molar-refractivity contribution >= 4 is 27.5 Å². The second kappa shape index (κ2) is 5.83. The van der Waals surface area contributed by atoms with Crippen molar-refractivity contribution in [2.75, 3.05) is 0 Å². The van der Waals surface area contributed by atoms with Gasteiger partial charge in [0.2, 0.25) is 0 Å². The number of aromatic nitrogens is 2. The molecule has 1 atom stereocenters. The maximum absolute atomic E-state index is 13.0. The van der Waals surface area contributed by atoms with Crippen LogP contribution >= 0.6 is 11.3 Å². The summed E-state index contributed by atoms with van der Waals surface area (Å²) < 4.78 is 1.43. The molecule has 0 bridgehead atoms. The van der Waals surface area contributed by atoms with E-state index in [-0.39, 0.29) is 5.56 Å². The number of rotatable bonds is 5. The number of carboxylic acid groups (broad SMARTS) is 1. The molecule has 0 saturated heterocycles. The summed E-state index contributed by atoms with van der Waals surface area (Å²) in [6.07, 6.45) is 4.82. The predicted octanol–water partition coefficient (Wildman–Crippen LogP) is 2.93. The second-order valence-corrected chi connectivity index (χ2v) is 6.84. The predicted molar refractivity (Wildman–Crippen MR) is 86.9 cm³/mol. The Kier molecular flexibility index (Phi) is 4.04. The molecule has 1 aliphatic carbocycles. The largest absolute Gasteiger partial charge is 0.480 e. The summed E-state index contributed by atoms with van der Waals surface area (Å²) in [6, 6.07) is -0.831. The first-order valence-corrected chi connectivity index (χ1v) is 8.68. The van der Waals surface area contributed by atoms with Gasteiger partial charge in [0.25, 0.3) is 5.56 Å². The molecule has 6 heteroatoms. The van der Waals surface area contributed by atoms with E-state index in [0.717, 1.165) is 36.1 Å². The minimum atomic E-state index is -0.963. The summed E-state index contributed by atoms with van der Waals surface area (Å²) in [5.74, 6) is -0.357. The lowest BCUT2D eigenvalue weighted by Gasteiger charge is -2.18. The molecule has 0 radical (unpaired) electrons. The van der Waals surface area contributed by atoms with Crippen LogP contribution in [0.3, 0.4) is 0 Å². The zero-order valence-electron chi connectivity index (χ0n) is 12.9. The summed E-state index contributed by atoms with van der Waals surface area (Å²) in [5, 5.41) is 10.1. The number of nitrogens with zero attached hydrogens (tertiary/aromatic N) is 2. The van der Waals surface area contributed by atoms with Crippen molar-refractivity contribution in [2.45, 2.75) is 58.4 Å². The fourth-order valence-corrected chi connectivity index (χ4v) is 4.56. The lowest BCUT2D eigenvalue weighted by molar-refractivity contribution is -0.141. The highest BCUT2D eigenvalue weighted by Gasteiger charge is 2.27. The molecule has 2 heterocycles. The molecular formula is C16H20N2O3S. The summed E-state index contributed by atoms with van der Waals surface area (Å²) in [5.41, 5.74) is 0.941. The van der Waals surface area contributed by atoms with Crippen LogP contribution in [0.15, 0.2) is 4.79 Å². The number of fused-ring (bicyclic) bond motifs is 3. The first kappa shape index (κ1) is 15.2. The number of carbonyl (C=O) groups is 1. The Labute approximate surface area is 132 Å². The molecule has 0 aliphatic heterocycles. The topological polar surface area (TPSA) is 72.2 Å². The van der Waals surface area contributed by atoms with Gasteiger partial charge in [0.15, 0.2) is 0 Å². The number of hydrogen-bond donors (Lipinski definition) is 1. The normalized spacial score (nSPS) is 15.2. The molecular weight excluding hydrogens is 300 g/mol. The quantitative estimate of drug-likeness (QED) is 0.919. The Balaban J connectivity index is 2.32. The highest BCUT2D eigenvalue weighted by Crippen LogP contribution is 2.35. The van der Waals surface area contributed by atoms with E-state index in [2.05, 4.69) is 4.98 Å². The van der Waals surface area contributed by atoms with Crippen molar-refractivity contribution < 1.29 is 9.90 Å². The van der Waals surface area contributed by atoms with Crippen molar-refractivity contribution in [1.82, 2.24) is 9.55 Å². The molecule has 118 valence electrons. The molecule has 0 aromatic carbocycles. The molecule has 0 amide bonds. The Hall–Kier alpha value is -1.69. The molecule has 0 spiro atoms. The van der Waals surface area contributed by atoms with Crippen LogP contribution in [-0.4, -0.2) is 20.6 Å². The van der Waals surface area contributed by atoms with E-state index in [1.165, 1.54) is 9.44 Å². The molecule has 1 N–H and O–H groups in total. The van der Waals surface area contributed by atoms with Crippen LogP contribution in [0, 0.1) is 0 Å². The SMILES string of the molecule is CCCc1nc2sc3c(c2c(=O)n1C(CC)C(=O)O)CCC3. The number of thiophene rings is 1. The maximum atomic E-state index is 13.0. The smallest absolute Gasteiger partial charge is 0.326 e. The number of aryl methyl sites for hydroxylation is 3. The number of aliphatic carboxylic acids is 1. The third-order valence-electron chi connectivity index (χ3n) is 4.30. The monoisotopic (exact) mass is 320 g/mol. The van der Waals surface area contributed by atoms with E-state index < -0.39 is 12.0 Å². The van der Waals surface area contributed by atoms with Crippen molar-refractivity contribution in [2.24, 2.45) is 0 Å². The molecule has 0 saturated carbocycles. The van der Waals surface area contributed by atoms with Crippen LogP contribution in [-0.2, 0) is 24.1 Å². The standard InChI is InChI=1S/C16H20N2O3S/c1-3-6-12-17-14-13(9-7-5-8-11(9)22-14)15(19)18(12)10(4-2)16(20)21/h10H,3-8H2,1-2H3,(H,20,21). The summed E-state index contributed by atoms with van der Waals surface area (Å²) >= 11 is 1.61. The molecule has 5 nitrogen and oxygen atoms in total.